The lowest BCUT2D eigenvalue weighted by Crippen LogP contribution is -2.41. The Morgan fingerprint density at radius 1 is 1.33 bits per heavy atom. The van der Waals surface area contributed by atoms with Gasteiger partial charge in [0.1, 0.15) is 22.2 Å². The topological polar surface area (TPSA) is 95.9 Å². The largest absolute Gasteiger partial charge is 0.497 e. The molecule has 1 aliphatic heterocycles. The Morgan fingerprint density at radius 2 is 2.00 bits per heavy atom. The predicted molar refractivity (Wildman–Crippen MR) is 90.9 cm³/mol. The first-order valence-corrected chi connectivity index (χ1v) is 9.82. The van der Waals surface area contributed by atoms with Crippen LogP contribution in [-0.2, 0) is 14.6 Å². The Bertz CT molecular complexity index is 660. The number of rotatable bonds is 7. The van der Waals surface area contributed by atoms with Crippen molar-refractivity contribution in [3.8, 4) is 5.75 Å². The van der Waals surface area contributed by atoms with Gasteiger partial charge in [0, 0.05) is 37.8 Å². The third-order valence-electron chi connectivity index (χ3n) is 4.21. The fourth-order valence-corrected chi connectivity index (χ4v) is 3.54. The molecule has 1 fully saturated rings. The van der Waals surface area contributed by atoms with Gasteiger partial charge in [-0.15, -0.1) is 0 Å². The SMILES string of the molecule is COc1ccc([C@H]2CN(CCS(C)(=O)=O)C[C@@H]2NC(=O)CO)cc1. The van der Waals surface area contributed by atoms with Crippen molar-refractivity contribution in [1.82, 2.24) is 10.2 Å². The molecule has 0 spiro atoms. The highest BCUT2D eigenvalue weighted by atomic mass is 32.2. The standard InChI is InChI=1S/C16H24N2O5S/c1-23-13-5-3-12(4-6-13)14-9-18(7-8-24(2,21)22)10-15(14)17-16(20)11-19/h3-6,14-15,19H,7-11H2,1-2H3,(H,17,20)/t14-,15+/m1/s1. The number of carbonyl (C=O) groups excluding carboxylic acids is 1. The molecule has 1 saturated heterocycles. The Hall–Kier alpha value is -1.64. The molecular weight excluding hydrogens is 332 g/mol. The summed E-state index contributed by atoms with van der Waals surface area (Å²) < 4.78 is 27.9. The number of nitrogens with zero attached hydrogens (tertiary/aromatic N) is 1. The smallest absolute Gasteiger partial charge is 0.245 e. The van der Waals surface area contributed by atoms with Crippen molar-refractivity contribution in [1.29, 1.82) is 0 Å². The highest BCUT2D eigenvalue weighted by Crippen LogP contribution is 2.29. The normalized spacial score (nSPS) is 21.6. The van der Waals surface area contributed by atoms with E-state index in [0.717, 1.165) is 11.3 Å². The number of aliphatic hydroxyl groups excluding tert-OH is 1. The Labute approximate surface area is 142 Å². The van der Waals surface area contributed by atoms with Crippen LogP contribution in [0.15, 0.2) is 24.3 Å². The van der Waals surface area contributed by atoms with Crippen LogP contribution in [0.4, 0.5) is 0 Å². The van der Waals surface area contributed by atoms with E-state index >= 15 is 0 Å². The van der Waals surface area contributed by atoms with Crippen LogP contribution in [0.2, 0.25) is 0 Å². The molecule has 1 aliphatic rings. The number of ether oxygens (including phenoxy) is 1. The lowest BCUT2D eigenvalue weighted by Gasteiger charge is -2.20. The van der Waals surface area contributed by atoms with Gasteiger partial charge in [-0.25, -0.2) is 8.42 Å². The molecule has 1 aromatic rings. The van der Waals surface area contributed by atoms with Crippen LogP contribution in [0.5, 0.6) is 5.75 Å². The maximum atomic E-state index is 11.6. The molecule has 2 atom stereocenters. The summed E-state index contributed by atoms with van der Waals surface area (Å²) in [5.74, 6) is 0.444. The van der Waals surface area contributed by atoms with E-state index in [0.29, 0.717) is 19.6 Å². The van der Waals surface area contributed by atoms with E-state index in [9.17, 15) is 13.2 Å². The fourth-order valence-electron chi connectivity index (χ4n) is 2.95. The van der Waals surface area contributed by atoms with Gasteiger partial charge in [0.05, 0.1) is 12.9 Å². The van der Waals surface area contributed by atoms with Crippen molar-refractivity contribution in [2.75, 3.05) is 45.4 Å². The molecule has 0 aliphatic carbocycles. The molecule has 0 unspecified atom stereocenters. The van der Waals surface area contributed by atoms with Crippen molar-refractivity contribution in [3.05, 3.63) is 29.8 Å². The second kappa shape index (κ2) is 7.96. The Morgan fingerprint density at radius 3 is 2.54 bits per heavy atom. The molecule has 8 heteroatoms. The van der Waals surface area contributed by atoms with Crippen molar-refractivity contribution < 1.29 is 23.1 Å². The molecule has 1 amide bonds. The maximum absolute atomic E-state index is 11.6. The lowest BCUT2D eigenvalue weighted by molar-refractivity contribution is -0.124. The van der Waals surface area contributed by atoms with E-state index in [1.807, 2.05) is 29.2 Å². The zero-order valence-corrected chi connectivity index (χ0v) is 14.8. The lowest BCUT2D eigenvalue weighted by atomic mass is 9.94. The van der Waals surface area contributed by atoms with Gasteiger partial charge in [-0.1, -0.05) is 12.1 Å². The number of likely N-dealkylation sites (tertiary alicyclic amines) is 1. The van der Waals surface area contributed by atoms with Gasteiger partial charge < -0.3 is 15.2 Å². The van der Waals surface area contributed by atoms with E-state index in [2.05, 4.69) is 5.32 Å². The fraction of sp³-hybridized carbons (Fsp3) is 0.562. The number of aliphatic hydroxyl groups is 1. The molecule has 0 radical (unpaired) electrons. The summed E-state index contributed by atoms with van der Waals surface area (Å²) in [6, 6.07) is 7.44. The van der Waals surface area contributed by atoms with Gasteiger partial charge >= 0.3 is 0 Å². The first-order valence-electron chi connectivity index (χ1n) is 7.76. The average molecular weight is 356 g/mol. The zero-order chi connectivity index (χ0) is 17.7. The summed E-state index contributed by atoms with van der Waals surface area (Å²) in [5, 5.41) is 11.8. The molecule has 2 rings (SSSR count). The summed E-state index contributed by atoms with van der Waals surface area (Å²) in [7, 11) is -1.43. The quantitative estimate of drug-likeness (QED) is 0.691. The minimum Gasteiger partial charge on any atom is -0.497 e. The monoisotopic (exact) mass is 356 g/mol. The first kappa shape index (κ1) is 18.7. The first-order chi connectivity index (χ1) is 11.3. The van der Waals surface area contributed by atoms with Gasteiger partial charge in [0.25, 0.3) is 0 Å². The highest BCUT2D eigenvalue weighted by molar-refractivity contribution is 7.90. The van der Waals surface area contributed by atoms with E-state index in [1.54, 1.807) is 7.11 Å². The van der Waals surface area contributed by atoms with Crippen LogP contribution in [-0.4, -0.2) is 75.7 Å². The van der Waals surface area contributed by atoms with Crippen molar-refractivity contribution in [2.24, 2.45) is 0 Å². The van der Waals surface area contributed by atoms with Crippen LogP contribution in [0, 0.1) is 0 Å². The number of nitrogens with one attached hydrogen (secondary N) is 1. The molecule has 134 valence electrons. The molecule has 7 nitrogen and oxygen atoms in total. The zero-order valence-electron chi connectivity index (χ0n) is 13.9. The molecule has 2 N–H and O–H groups in total. The molecule has 0 saturated carbocycles. The molecule has 1 aromatic carbocycles. The summed E-state index contributed by atoms with van der Waals surface area (Å²) >= 11 is 0. The summed E-state index contributed by atoms with van der Waals surface area (Å²) in [4.78, 5) is 13.6. The number of hydrogen-bond acceptors (Lipinski definition) is 6. The maximum Gasteiger partial charge on any atom is 0.245 e. The van der Waals surface area contributed by atoms with Crippen molar-refractivity contribution in [2.45, 2.75) is 12.0 Å². The number of sulfone groups is 1. The average Bonchev–Trinajstić information content (AvgIpc) is 2.95. The number of methoxy groups -OCH3 is 1. The van der Waals surface area contributed by atoms with Crippen molar-refractivity contribution in [3.63, 3.8) is 0 Å². The van der Waals surface area contributed by atoms with Gasteiger partial charge in [0.15, 0.2) is 0 Å². The molecule has 24 heavy (non-hydrogen) atoms. The second-order valence-electron chi connectivity index (χ2n) is 6.10. The molecule has 1 heterocycles. The number of benzene rings is 1. The Kier molecular flexibility index (Phi) is 6.20. The van der Waals surface area contributed by atoms with Gasteiger partial charge in [-0.3, -0.25) is 9.69 Å². The summed E-state index contributed by atoms with van der Waals surface area (Å²) in [6.45, 7) is 1.07. The van der Waals surface area contributed by atoms with E-state index in [-0.39, 0.29) is 17.7 Å². The van der Waals surface area contributed by atoms with Crippen LogP contribution in [0.25, 0.3) is 0 Å². The number of carbonyl (C=O) groups is 1. The highest BCUT2D eigenvalue weighted by Gasteiger charge is 2.34. The van der Waals surface area contributed by atoms with Gasteiger partial charge in [0.2, 0.25) is 5.91 Å². The minimum absolute atomic E-state index is 0.0333. The van der Waals surface area contributed by atoms with Crippen LogP contribution in [0.1, 0.15) is 11.5 Å². The van der Waals surface area contributed by atoms with E-state index in [1.165, 1.54) is 6.26 Å². The van der Waals surface area contributed by atoms with Crippen LogP contribution >= 0.6 is 0 Å². The number of hydrogen-bond donors (Lipinski definition) is 2. The van der Waals surface area contributed by atoms with Gasteiger partial charge in [-0.2, -0.15) is 0 Å². The third kappa shape index (κ3) is 5.19. The predicted octanol–water partition coefficient (Wildman–Crippen LogP) is -0.384. The minimum atomic E-state index is -3.03. The van der Waals surface area contributed by atoms with E-state index < -0.39 is 22.4 Å². The molecule has 0 bridgehead atoms. The molecule has 0 aromatic heterocycles. The third-order valence-corrected chi connectivity index (χ3v) is 5.13. The van der Waals surface area contributed by atoms with E-state index in [4.69, 9.17) is 9.84 Å². The second-order valence-corrected chi connectivity index (χ2v) is 8.36. The van der Waals surface area contributed by atoms with Gasteiger partial charge in [-0.05, 0) is 17.7 Å². The summed E-state index contributed by atoms with van der Waals surface area (Å²) in [6.07, 6.45) is 1.22. The molecular formula is C16H24N2O5S. The summed E-state index contributed by atoms with van der Waals surface area (Å²) in [5.41, 5.74) is 1.04. The number of amides is 1. The van der Waals surface area contributed by atoms with Crippen molar-refractivity contribution >= 4 is 15.7 Å². The van der Waals surface area contributed by atoms with Crippen LogP contribution < -0.4 is 10.1 Å². The van der Waals surface area contributed by atoms with Crippen LogP contribution in [0.3, 0.4) is 0 Å². The Balaban J connectivity index is 2.12.